The van der Waals surface area contributed by atoms with Crippen LogP contribution in [0, 0.1) is 0 Å². The Bertz CT molecular complexity index is 682. The summed E-state index contributed by atoms with van der Waals surface area (Å²) in [5, 5.41) is 3.19. The van der Waals surface area contributed by atoms with Crippen LogP contribution >= 0.6 is 0 Å². The Hall–Kier alpha value is -2.37. The van der Waals surface area contributed by atoms with Crippen LogP contribution in [0.2, 0.25) is 0 Å². The molecule has 5 heteroatoms. The van der Waals surface area contributed by atoms with E-state index in [1.54, 1.807) is 12.1 Å². The number of morpholine rings is 1. The first-order valence-corrected chi connectivity index (χ1v) is 9.15. The van der Waals surface area contributed by atoms with Crippen LogP contribution in [0.25, 0.3) is 0 Å². The molecule has 1 amide bonds. The van der Waals surface area contributed by atoms with Gasteiger partial charge >= 0.3 is 0 Å². The highest BCUT2D eigenvalue weighted by molar-refractivity contribution is 5.94. The number of nitrogens with one attached hydrogen (secondary N) is 1. The second-order valence-electron chi connectivity index (χ2n) is 6.31. The molecule has 138 valence electrons. The van der Waals surface area contributed by atoms with Crippen molar-refractivity contribution in [2.24, 2.45) is 0 Å². The first-order valence-electron chi connectivity index (χ1n) is 9.15. The molecule has 0 radical (unpaired) electrons. The largest absolute Gasteiger partial charge is 0.494 e. The van der Waals surface area contributed by atoms with Crippen LogP contribution in [0.3, 0.4) is 0 Å². The van der Waals surface area contributed by atoms with Gasteiger partial charge < -0.3 is 14.8 Å². The summed E-state index contributed by atoms with van der Waals surface area (Å²) >= 11 is 0. The molecule has 1 heterocycles. The number of carbonyl (C=O) groups excluding carboxylic acids is 1. The second-order valence-corrected chi connectivity index (χ2v) is 6.31. The average Bonchev–Trinajstić information content (AvgIpc) is 2.70. The minimum atomic E-state index is -0.0739. The molecule has 2 aromatic rings. The number of amides is 1. The number of rotatable bonds is 7. The number of hydrogen-bond donors (Lipinski definition) is 1. The van der Waals surface area contributed by atoms with E-state index in [1.807, 2.05) is 37.3 Å². The highest BCUT2D eigenvalue weighted by atomic mass is 16.5. The van der Waals surface area contributed by atoms with E-state index >= 15 is 0 Å². The molecule has 0 saturated carbocycles. The van der Waals surface area contributed by atoms with E-state index in [2.05, 4.69) is 22.3 Å². The Labute approximate surface area is 154 Å². The van der Waals surface area contributed by atoms with Crippen LogP contribution in [-0.2, 0) is 4.74 Å². The van der Waals surface area contributed by atoms with Gasteiger partial charge in [0.25, 0.3) is 5.91 Å². The molecule has 1 saturated heterocycles. The molecule has 0 aliphatic carbocycles. The summed E-state index contributed by atoms with van der Waals surface area (Å²) in [7, 11) is 0. The molecular weight excluding hydrogens is 328 g/mol. The van der Waals surface area contributed by atoms with Gasteiger partial charge in [-0.3, -0.25) is 9.69 Å². The lowest BCUT2D eigenvalue weighted by Crippen LogP contribution is -2.43. The molecule has 1 N–H and O–H groups in total. The molecule has 1 aliphatic rings. The predicted molar refractivity (Wildman–Crippen MR) is 102 cm³/mol. The van der Waals surface area contributed by atoms with E-state index in [-0.39, 0.29) is 11.9 Å². The lowest BCUT2D eigenvalue weighted by Gasteiger charge is -2.31. The first kappa shape index (κ1) is 18.4. The van der Waals surface area contributed by atoms with Crippen LogP contribution in [-0.4, -0.2) is 50.3 Å². The summed E-state index contributed by atoms with van der Waals surface area (Å²) in [5.74, 6) is 0.701. The van der Waals surface area contributed by atoms with Crippen LogP contribution in [0.5, 0.6) is 5.75 Å². The van der Waals surface area contributed by atoms with Crippen molar-refractivity contribution in [3.05, 3.63) is 65.7 Å². The van der Waals surface area contributed by atoms with Gasteiger partial charge in [0, 0.05) is 25.2 Å². The zero-order valence-electron chi connectivity index (χ0n) is 15.2. The molecule has 1 aliphatic heterocycles. The van der Waals surface area contributed by atoms with E-state index in [9.17, 15) is 4.79 Å². The molecule has 2 aromatic carbocycles. The van der Waals surface area contributed by atoms with E-state index in [4.69, 9.17) is 9.47 Å². The fourth-order valence-electron chi connectivity index (χ4n) is 3.07. The number of nitrogens with zero attached hydrogens (tertiary/aromatic N) is 1. The van der Waals surface area contributed by atoms with Crippen LogP contribution in [0.4, 0.5) is 0 Å². The summed E-state index contributed by atoms with van der Waals surface area (Å²) in [6.07, 6.45) is 0. The molecule has 3 rings (SSSR count). The standard InChI is InChI=1S/C21H26N2O3/c1-2-26-19-10-8-18(9-11-19)21(24)22-20(17-6-4-3-5-7-17)16-23-12-14-25-15-13-23/h3-11,20H,2,12-16H2,1H3,(H,22,24). The third-order valence-electron chi connectivity index (χ3n) is 4.48. The van der Waals surface area contributed by atoms with Gasteiger partial charge in [0.1, 0.15) is 5.75 Å². The molecule has 1 atom stereocenters. The minimum Gasteiger partial charge on any atom is -0.494 e. The Morgan fingerprint density at radius 2 is 1.81 bits per heavy atom. The lowest BCUT2D eigenvalue weighted by molar-refractivity contribution is 0.0332. The van der Waals surface area contributed by atoms with Gasteiger partial charge in [-0.25, -0.2) is 0 Å². The van der Waals surface area contributed by atoms with Gasteiger partial charge in [-0.2, -0.15) is 0 Å². The Morgan fingerprint density at radius 3 is 2.46 bits per heavy atom. The van der Waals surface area contributed by atoms with E-state index in [1.165, 1.54) is 0 Å². The van der Waals surface area contributed by atoms with Crippen LogP contribution in [0.1, 0.15) is 28.9 Å². The minimum absolute atomic E-state index is 0.0617. The monoisotopic (exact) mass is 354 g/mol. The number of carbonyl (C=O) groups is 1. The zero-order chi connectivity index (χ0) is 18.2. The molecule has 5 nitrogen and oxygen atoms in total. The normalized spacial score (nSPS) is 16.0. The smallest absolute Gasteiger partial charge is 0.251 e. The number of hydrogen-bond acceptors (Lipinski definition) is 4. The van der Waals surface area contributed by atoms with Crippen molar-refractivity contribution in [2.75, 3.05) is 39.5 Å². The van der Waals surface area contributed by atoms with Crippen molar-refractivity contribution in [1.29, 1.82) is 0 Å². The summed E-state index contributed by atoms with van der Waals surface area (Å²) in [6.45, 7) is 6.60. The zero-order valence-corrected chi connectivity index (χ0v) is 15.2. The SMILES string of the molecule is CCOc1ccc(C(=O)NC(CN2CCOCC2)c2ccccc2)cc1. The molecule has 1 fully saturated rings. The first-order chi connectivity index (χ1) is 12.8. The fraction of sp³-hybridized carbons (Fsp3) is 0.381. The average molecular weight is 354 g/mol. The second kappa shape index (κ2) is 9.36. The summed E-state index contributed by atoms with van der Waals surface area (Å²) in [6, 6.07) is 17.3. The van der Waals surface area contributed by atoms with Crippen LogP contribution in [0.15, 0.2) is 54.6 Å². The van der Waals surface area contributed by atoms with Crippen molar-refractivity contribution >= 4 is 5.91 Å². The summed E-state index contributed by atoms with van der Waals surface area (Å²) in [4.78, 5) is 15.1. The molecule has 0 spiro atoms. The summed E-state index contributed by atoms with van der Waals surface area (Å²) < 4.78 is 10.9. The van der Waals surface area contributed by atoms with Gasteiger partial charge in [0.2, 0.25) is 0 Å². The van der Waals surface area contributed by atoms with E-state index in [0.717, 1.165) is 44.2 Å². The third kappa shape index (κ3) is 5.07. The molecule has 0 aromatic heterocycles. The van der Waals surface area contributed by atoms with Crippen molar-refractivity contribution in [3.63, 3.8) is 0 Å². The highest BCUT2D eigenvalue weighted by Crippen LogP contribution is 2.17. The quantitative estimate of drug-likeness (QED) is 0.831. The molecule has 26 heavy (non-hydrogen) atoms. The number of benzene rings is 2. The topological polar surface area (TPSA) is 50.8 Å². The van der Waals surface area contributed by atoms with Gasteiger partial charge in [-0.05, 0) is 36.8 Å². The summed E-state index contributed by atoms with van der Waals surface area (Å²) in [5.41, 5.74) is 1.75. The molecule has 0 bridgehead atoms. The third-order valence-corrected chi connectivity index (χ3v) is 4.48. The predicted octanol–water partition coefficient (Wildman–Crippen LogP) is 2.89. The van der Waals surface area contributed by atoms with Crippen molar-refractivity contribution < 1.29 is 14.3 Å². The highest BCUT2D eigenvalue weighted by Gasteiger charge is 2.20. The molecular formula is C21H26N2O3. The number of ether oxygens (including phenoxy) is 2. The Morgan fingerprint density at radius 1 is 1.12 bits per heavy atom. The Kier molecular flexibility index (Phi) is 6.63. The lowest BCUT2D eigenvalue weighted by atomic mass is 10.1. The maximum Gasteiger partial charge on any atom is 0.251 e. The maximum absolute atomic E-state index is 12.7. The van der Waals surface area contributed by atoms with Crippen molar-refractivity contribution in [1.82, 2.24) is 10.2 Å². The van der Waals surface area contributed by atoms with Gasteiger partial charge in [0.15, 0.2) is 0 Å². The maximum atomic E-state index is 12.7. The fourth-order valence-corrected chi connectivity index (χ4v) is 3.07. The van der Waals surface area contributed by atoms with E-state index in [0.29, 0.717) is 12.2 Å². The van der Waals surface area contributed by atoms with Crippen molar-refractivity contribution in [2.45, 2.75) is 13.0 Å². The van der Waals surface area contributed by atoms with E-state index < -0.39 is 0 Å². The van der Waals surface area contributed by atoms with Gasteiger partial charge in [0.05, 0.1) is 25.9 Å². The Balaban J connectivity index is 1.70. The van der Waals surface area contributed by atoms with Gasteiger partial charge in [-0.15, -0.1) is 0 Å². The molecule has 1 unspecified atom stereocenters. The van der Waals surface area contributed by atoms with Crippen molar-refractivity contribution in [3.8, 4) is 5.75 Å². The van der Waals surface area contributed by atoms with Gasteiger partial charge in [-0.1, -0.05) is 30.3 Å². The van der Waals surface area contributed by atoms with Crippen LogP contribution < -0.4 is 10.1 Å².